The maximum Gasteiger partial charge on any atom is 0.309 e. The van der Waals surface area contributed by atoms with Crippen LogP contribution >= 0.6 is 0 Å². The molecule has 1 rings (SSSR count). The average Bonchev–Trinajstić information content (AvgIpc) is 2.26. The number of hydrogen-bond acceptors (Lipinski definition) is 2. The molecule has 0 bridgehead atoms. The van der Waals surface area contributed by atoms with Gasteiger partial charge < -0.3 is 10.8 Å². The molecule has 0 radical (unpaired) electrons. The van der Waals surface area contributed by atoms with E-state index in [1.54, 1.807) is 13.8 Å². The summed E-state index contributed by atoms with van der Waals surface area (Å²) in [6, 6.07) is 7.63. The van der Waals surface area contributed by atoms with Crippen LogP contribution in [-0.2, 0) is 22.4 Å². The van der Waals surface area contributed by atoms with E-state index < -0.39 is 11.4 Å². The summed E-state index contributed by atoms with van der Waals surface area (Å²) in [5.74, 6) is -1.14. The van der Waals surface area contributed by atoms with Crippen LogP contribution in [0.15, 0.2) is 24.3 Å². The molecule has 0 aliphatic heterocycles. The van der Waals surface area contributed by atoms with E-state index >= 15 is 0 Å². The molecule has 0 fully saturated rings. The lowest BCUT2D eigenvalue weighted by atomic mass is 9.85. The Balaban J connectivity index is 2.76. The number of aliphatic carboxylic acids is 1. The molecule has 18 heavy (non-hydrogen) atoms. The molecular formula is C14H19NO3. The van der Waals surface area contributed by atoms with Gasteiger partial charge in [-0.3, -0.25) is 9.59 Å². The minimum Gasteiger partial charge on any atom is -0.481 e. The van der Waals surface area contributed by atoms with Crippen molar-refractivity contribution in [1.82, 2.24) is 0 Å². The van der Waals surface area contributed by atoms with E-state index in [2.05, 4.69) is 0 Å². The average molecular weight is 249 g/mol. The van der Waals surface area contributed by atoms with Gasteiger partial charge in [0.2, 0.25) is 5.91 Å². The van der Waals surface area contributed by atoms with Gasteiger partial charge in [-0.1, -0.05) is 24.3 Å². The molecule has 0 aliphatic rings. The van der Waals surface area contributed by atoms with Gasteiger partial charge in [0, 0.05) is 6.42 Å². The van der Waals surface area contributed by atoms with Gasteiger partial charge in [-0.15, -0.1) is 0 Å². The molecule has 3 N–H and O–H groups in total. The van der Waals surface area contributed by atoms with E-state index in [4.69, 9.17) is 10.8 Å². The SMILES string of the molecule is CC(C)(Cc1cccc(CCC(N)=O)c1)C(=O)O. The Morgan fingerprint density at radius 3 is 2.44 bits per heavy atom. The molecule has 4 heteroatoms. The van der Waals surface area contributed by atoms with Crippen LogP contribution in [-0.4, -0.2) is 17.0 Å². The van der Waals surface area contributed by atoms with Crippen molar-refractivity contribution in [3.63, 3.8) is 0 Å². The summed E-state index contributed by atoms with van der Waals surface area (Å²) in [7, 11) is 0. The van der Waals surface area contributed by atoms with Gasteiger partial charge in [0.1, 0.15) is 0 Å². The van der Waals surface area contributed by atoms with Crippen molar-refractivity contribution in [2.75, 3.05) is 0 Å². The van der Waals surface area contributed by atoms with Crippen LogP contribution in [0.25, 0.3) is 0 Å². The van der Waals surface area contributed by atoms with Crippen molar-refractivity contribution in [2.45, 2.75) is 33.1 Å². The van der Waals surface area contributed by atoms with Gasteiger partial charge in [-0.2, -0.15) is 0 Å². The summed E-state index contributed by atoms with van der Waals surface area (Å²) in [6.07, 6.45) is 1.37. The van der Waals surface area contributed by atoms with E-state index in [0.717, 1.165) is 11.1 Å². The lowest BCUT2D eigenvalue weighted by molar-refractivity contribution is -0.146. The van der Waals surface area contributed by atoms with Crippen LogP contribution in [0.1, 0.15) is 31.4 Å². The first-order chi connectivity index (χ1) is 8.31. The number of carboxylic acid groups (broad SMARTS) is 1. The Morgan fingerprint density at radius 1 is 1.28 bits per heavy atom. The number of aryl methyl sites for hydroxylation is 1. The molecule has 0 unspecified atom stereocenters. The Hall–Kier alpha value is -1.84. The standard InChI is InChI=1S/C14H19NO3/c1-14(2,13(17)18)9-11-5-3-4-10(8-11)6-7-12(15)16/h3-5,8H,6-7,9H2,1-2H3,(H2,15,16)(H,17,18). The van der Waals surface area contributed by atoms with E-state index in [1.807, 2.05) is 24.3 Å². The van der Waals surface area contributed by atoms with E-state index in [9.17, 15) is 9.59 Å². The number of benzene rings is 1. The highest BCUT2D eigenvalue weighted by atomic mass is 16.4. The van der Waals surface area contributed by atoms with Crippen LogP contribution in [0.5, 0.6) is 0 Å². The fraction of sp³-hybridized carbons (Fsp3) is 0.429. The minimum atomic E-state index is -0.815. The quantitative estimate of drug-likeness (QED) is 0.806. The zero-order valence-electron chi connectivity index (χ0n) is 10.8. The van der Waals surface area contributed by atoms with Gasteiger partial charge >= 0.3 is 5.97 Å². The van der Waals surface area contributed by atoms with Crippen molar-refractivity contribution in [3.8, 4) is 0 Å². The summed E-state index contributed by atoms with van der Waals surface area (Å²) in [6.45, 7) is 3.40. The van der Waals surface area contributed by atoms with Gasteiger partial charge in [0.15, 0.2) is 0 Å². The van der Waals surface area contributed by atoms with Crippen molar-refractivity contribution in [1.29, 1.82) is 0 Å². The zero-order valence-corrected chi connectivity index (χ0v) is 10.8. The van der Waals surface area contributed by atoms with Gasteiger partial charge in [-0.05, 0) is 37.8 Å². The van der Waals surface area contributed by atoms with Crippen molar-refractivity contribution < 1.29 is 14.7 Å². The summed E-state index contributed by atoms with van der Waals surface area (Å²) < 4.78 is 0. The Bertz CT molecular complexity index is 452. The predicted octanol–water partition coefficient (Wildman–Crippen LogP) is 1.76. The number of nitrogens with two attached hydrogens (primary N) is 1. The molecule has 1 amide bonds. The maximum absolute atomic E-state index is 11.1. The number of amides is 1. The molecule has 0 saturated carbocycles. The summed E-state index contributed by atoms with van der Waals surface area (Å²) in [5.41, 5.74) is 6.28. The highest BCUT2D eigenvalue weighted by Crippen LogP contribution is 2.22. The van der Waals surface area contributed by atoms with Gasteiger partial charge in [-0.25, -0.2) is 0 Å². The number of carbonyl (C=O) groups is 2. The molecule has 0 spiro atoms. The second kappa shape index (κ2) is 5.67. The molecule has 0 aliphatic carbocycles. The Labute approximate surface area is 107 Å². The largest absolute Gasteiger partial charge is 0.481 e. The summed E-state index contributed by atoms with van der Waals surface area (Å²) in [4.78, 5) is 21.8. The number of primary amides is 1. The first kappa shape index (κ1) is 14.2. The molecule has 0 saturated heterocycles. The topological polar surface area (TPSA) is 80.4 Å². The van der Waals surface area contributed by atoms with Crippen LogP contribution in [0.4, 0.5) is 0 Å². The molecule has 98 valence electrons. The second-order valence-electron chi connectivity index (χ2n) is 5.15. The lowest BCUT2D eigenvalue weighted by Crippen LogP contribution is -2.26. The van der Waals surface area contributed by atoms with E-state index in [-0.39, 0.29) is 5.91 Å². The van der Waals surface area contributed by atoms with Crippen molar-refractivity contribution >= 4 is 11.9 Å². The molecule has 0 atom stereocenters. The summed E-state index contributed by atoms with van der Waals surface area (Å²) >= 11 is 0. The smallest absolute Gasteiger partial charge is 0.309 e. The third-order valence-corrected chi connectivity index (χ3v) is 2.88. The van der Waals surface area contributed by atoms with Crippen LogP contribution in [0.2, 0.25) is 0 Å². The highest BCUT2D eigenvalue weighted by molar-refractivity contribution is 5.74. The molecule has 1 aromatic carbocycles. The normalized spacial score (nSPS) is 11.2. The molecule has 4 nitrogen and oxygen atoms in total. The van der Waals surface area contributed by atoms with E-state index in [1.165, 1.54) is 0 Å². The lowest BCUT2D eigenvalue weighted by Gasteiger charge is -2.19. The first-order valence-corrected chi connectivity index (χ1v) is 5.91. The van der Waals surface area contributed by atoms with Gasteiger partial charge in [0.05, 0.1) is 5.41 Å². The third kappa shape index (κ3) is 4.20. The fourth-order valence-electron chi connectivity index (χ4n) is 1.75. The van der Waals surface area contributed by atoms with Crippen molar-refractivity contribution in [2.24, 2.45) is 11.1 Å². The molecule has 1 aromatic rings. The molecule has 0 heterocycles. The summed E-state index contributed by atoms with van der Waals surface area (Å²) in [5, 5.41) is 9.09. The monoisotopic (exact) mass is 249 g/mol. The van der Waals surface area contributed by atoms with Crippen LogP contribution in [0, 0.1) is 5.41 Å². The molecular weight excluding hydrogens is 230 g/mol. The second-order valence-corrected chi connectivity index (χ2v) is 5.15. The predicted molar refractivity (Wildman–Crippen MR) is 69.1 cm³/mol. The van der Waals surface area contributed by atoms with Gasteiger partial charge in [0.25, 0.3) is 0 Å². The minimum absolute atomic E-state index is 0.311. The number of hydrogen-bond donors (Lipinski definition) is 2. The highest BCUT2D eigenvalue weighted by Gasteiger charge is 2.27. The number of rotatable bonds is 6. The van der Waals surface area contributed by atoms with Crippen LogP contribution in [0.3, 0.4) is 0 Å². The Morgan fingerprint density at radius 2 is 1.89 bits per heavy atom. The zero-order chi connectivity index (χ0) is 13.8. The number of carbonyl (C=O) groups excluding carboxylic acids is 1. The maximum atomic E-state index is 11.1. The first-order valence-electron chi connectivity index (χ1n) is 5.91. The Kier molecular flexibility index (Phi) is 4.48. The molecule has 0 aromatic heterocycles. The van der Waals surface area contributed by atoms with Crippen LogP contribution < -0.4 is 5.73 Å². The van der Waals surface area contributed by atoms with E-state index in [0.29, 0.717) is 19.3 Å². The number of carboxylic acids is 1. The van der Waals surface area contributed by atoms with Crippen molar-refractivity contribution in [3.05, 3.63) is 35.4 Å². The fourth-order valence-corrected chi connectivity index (χ4v) is 1.75. The third-order valence-electron chi connectivity index (χ3n) is 2.88.